The molecular weight excluding hydrogens is 290 g/mol. The van der Waals surface area contributed by atoms with Crippen LogP contribution in [-0.4, -0.2) is 44.4 Å². The van der Waals surface area contributed by atoms with Gasteiger partial charge in [0, 0.05) is 0 Å². The first kappa shape index (κ1) is 14.1. The maximum atomic E-state index is 12.1. The highest BCUT2D eigenvalue weighted by atomic mass is 35.5. The molecule has 0 spiro atoms. The van der Waals surface area contributed by atoms with E-state index in [0.29, 0.717) is 11.3 Å². The highest BCUT2D eigenvalue weighted by Gasteiger charge is 2.37. The number of rotatable bonds is 3. The normalized spacial score (nSPS) is 24.9. The highest BCUT2D eigenvalue weighted by Crippen LogP contribution is 2.21. The maximum absolute atomic E-state index is 12.1. The minimum atomic E-state index is -3.17. The van der Waals surface area contributed by atoms with Gasteiger partial charge in [-0.25, -0.2) is 8.42 Å². The van der Waals surface area contributed by atoms with Crippen molar-refractivity contribution in [2.75, 3.05) is 18.6 Å². The average molecular weight is 304 g/mol. The SMILES string of the molecule is COc1ccccc1C(=O)N[C@@H]1CS(=O)(=O)C[C@H]1Cl. The fourth-order valence-electron chi connectivity index (χ4n) is 2.02. The van der Waals surface area contributed by atoms with Crippen LogP contribution >= 0.6 is 11.6 Å². The molecule has 0 aliphatic carbocycles. The summed E-state index contributed by atoms with van der Waals surface area (Å²) in [6, 6.07) is 6.17. The predicted molar refractivity (Wildman–Crippen MR) is 72.5 cm³/mol. The van der Waals surface area contributed by atoms with Gasteiger partial charge >= 0.3 is 0 Å². The topological polar surface area (TPSA) is 72.5 Å². The third-order valence-corrected chi connectivity index (χ3v) is 5.33. The summed E-state index contributed by atoms with van der Waals surface area (Å²) in [5.41, 5.74) is 0.359. The van der Waals surface area contributed by atoms with Gasteiger partial charge in [-0.2, -0.15) is 0 Å². The lowest BCUT2D eigenvalue weighted by molar-refractivity contribution is 0.0938. The summed E-state index contributed by atoms with van der Waals surface area (Å²) < 4.78 is 28.0. The molecule has 2 rings (SSSR count). The zero-order chi connectivity index (χ0) is 14.0. The van der Waals surface area contributed by atoms with E-state index < -0.39 is 21.3 Å². The first-order valence-electron chi connectivity index (χ1n) is 5.71. The number of carbonyl (C=O) groups excluding carboxylic acids is 1. The quantitative estimate of drug-likeness (QED) is 0.840. The Hall–Kier alpha value is -1.27. The Labute approximate surface area is 116 Å². The summed E-state index contributed by atoms with van der Waals surface area (Å²) in [4.78, 5) is 12.1. The minimum absolute atomic E-state index is 0.106. The molecule has 104 valence electrons. The van der Waals surface area contributed by atoms with Crippen LogP contribution in [0.3, 0.4) is 0 Å². The van der Waals surface area contributed by atoms with Crippen LogP contribution in [-0.2, 0) is 9.84 Å². The molecule has 0 bridgehead atoms. The number of halogens is 1. The van der Waals surface area contributed by atoms with E-state index >= 15 is 0 Å². The molecule has 1 N–H and O–H groups in total. The number of hydrogen-bond donors (Lipinski definition) is 1. The minimum Gasteiger partial charge on any atom is -0.496 e. The standard InChI is InChI=1S/C12H14ClNO4S/c1-18-11-5-3-2-4-8(11)12(15)14-10-7-19(16,17)6-9(10)13/h2-5,9-10H,6-7H2,1H3,(H,14,15)/t9-,10-/m1/s1. The van der Waals surface area contributed by atoms with Gasteiger partial charge < -0.3 is 10.1 Å². The molecule has 1 amide bonds. The van der Waals surface area contributed by atoms with E-state index in [9.17, 15) is 13.2 Å². The number of carbonyl (C=O) groups is 1. The number of para-hydroxylation sites is 1. The van der Waals surface area contributed by atoms with Gasteiger partial charge in [-0.1, -0.05) is 12.1 Å². The molecule has 2 atom stereocenters. The Morgan fingerprint density at radius 3 is 2.63 bits per heavy atom. The Kier molecular flexibility index (Phi) is 4.01. The monoisotopic (exact) mass is 303 g/mol. The van der Waals surface area contributed by atoms with Gasteiger partial charge in [-0.05, 0) is 12.1 Å². The number of hydrogen-bond acceptors (Lipinski definition) is 4. The molecule has 1 saturated heterocycles. The van der Waals surface area contributed by atoms with Gasteiger partial charge in [0.1, 0.15) is 5.75 Å². The molecule has 1 aliphatic heterocycles. The summed E-state index contributed by atoms with van der Waals surface area (Å²) in [5, 5.41) is 2.05. The lowest BCUT2D eigenvalue weighted by atomic mass is 10.1. The van der Waals surface area contributed by atoms with Crippen LogP contribution in [0.2, 0.25) is 0 Å². The molecule has 1 fully saturated rings. The molecule has 5 nitrogen and oxygen atoms in total. The average Bonchev–Trinajstić information content (AvgIpc) is 2.62. The number of nitrogens with one attached hydrogen (secondary N) is 1. The van der Waals surface area contributed by atoms with Crippen molar-refractivity contribution in [3.8, 4) is 5.75 Å². The van der Waals surface area contributed by atoms with Crippen LogP contribution in [0.5, 0.6) is 5.75 Å². The Bertz CT molecular complexity index is 587. The molecular formula is C12H14ClNO4S. The number of amides is 1. The van der Waals surface area contributed by atoms with E-state index in [2.05, 4.69) is 5.32 Å². The molecule has 19 heavy (non-hydrogen) atoms. The second-order valence-corrected chi connectivity index (χ2v) is 7.09. The van der Waals surface area contributed by atoms with Crippen molar-refractivity contribution in [3.05, 3.63) is 29.8 Å². The van der Waals surface area contributed by atoms with Gasteiger partial charge in [0.15, 0.2) is 9.84 Å². The zero-order valence-electron chi connectivity index (χ0n) is 10.3. The van der Waals surface area contributed by atoms with Crippen molar-refractivity contribution in [1.29, 1.82) is 0 Å². The molecule has 1 heterocycles. The van der Waals surface area contributed by atoms with Gasteiger partial charge in [0.25, 0.3) is 5.91 Å². The second kappa shape index (κ2) is 5.38. The fourth-order valence-corrected chi connectivity index (χ4v) is 4.57. The number of benzene rings is 1. The molecule has 1 aromatic carbocycles. The summed E-state index contributed by atoms with van der Waals surface area (Å²) >= 11 is 5.94. The fraction of sp³-hybridized carbons (Fsp3) is 0.417. The van der Waals surface area contributed by atoms with E-state index in [0.717, 1.165) is 0 Å². The third kappa shape index (κ3) is 3.19. The van der Waals surface area contributed by atoms with E-state index in [1.54, 1.807) is 24.3 Å². The molecule has 1 aliphatic rings. The molecule has 0 saturated carbocycles. The van der Waals surface area contributed by atoms with E-state index in [4.69, 9.17) is 16.3 Å². The highest BCUT2D eigenvalue weighted by molar-refractivity contribution is 7.91. The largest absolute Gasteiger partial charge is 0.496 e. The first-order chi connectivity index (χ1) is 8.93. The second-order valence-electron chi connectivity index (χ2n) is 4.37. The molecule has 7 heteroatoms. The van der Waals surface area contributed by atoms with Crippen molar-refractivity contribution in [2.45, 2.75) is 11.4 Å². The van der Waals surface area contributed by atoms with Crippen molar-refractivity contribution in [2.24, 2.45) is 0 Å². The van der Waals surface area contributed by atoms with E-state index in [1.807, 2.05) is 0 Å². The number of sulfone groups is 1. The van der Waals surface area contributed by atoms with Crippen LogP contribution in [0.25, 0.3) is 0 Å². The van der Waals surface area contributed by atoms with Gasteiger partial charge in [-0.15, -0.1) is 11.6 Å². The Morgan fingerprint density at radius 2 is 2.05 bits per heavy atom. The summed E-state index contributed by atoms with van der Waals surface area (Å²) in [5.74, 6) is -0.176. The van der Waals surface area contributed by atoms with Crippen molar-refractivity contribution < 1.29 is 17.9 Å². The molecule has 1 aromatic rings. The van der Waals surface area contributed by atoms with E-state index in [-0.39, 0.29) is 17.4 Å². The number of methoxy groups -OCH3 is 1. The smallest absolute Gasteiger partial charge is 0.255 e. The van der Waals surface area contributed by atoms with Gasteiger partial charge in [-0.3, -0.25) is 4.79 Å². The molecule has 0 unspecified atom stereocenters. The summed E-state index contributed by atoms with van der Waals surface area (Å²) in [6.45, 7) is 0. The zero-order valence-corrected chi connectivity index (χ0v) is 11.9. The van der Waals surface area contributed by atoms with Crippen molar-refractivity contribution in [3.63, 3.8) is 0 Å². The van der Waals surface area contributed by atoms with E-state index in [1.165, 1.54) is 7.11 Å². The van der Waals surface area contributed by atoms with Crippen LogP contribution in [0.15, 0.2) is 24.3 Å². The first-order valence-corrected chi connectivity index (χ1v) is 7.97. The third-order valence-electron chi connectivity index (χ3n) is 2.95. The number of alkyl halides is 1. The van der Waals surface area contributed by atoms with Crippen LogP contribution in [0, 0.1) is 0 Å². The predicted octanol–water partition coefficient (Wildman–Crippen LogP) is 0.829. The lowest BCUT2D eigenvalue weighted by Crippen LogP contribution is -2.40. The van der Waals surface area contributed by atoms with Crippen molar-refractivity contribution >= 4 is 27.3 Å². The summed E-state index contributed by atoms with van der Waals surface area (Å²) in [7, 11) is -1.70. The Morgan fingerprint density at radius 1 is 1.37 bits per heavy atom. The van der Waals surface area contributed by atoms with Crippen molar-refractivity contribution in [1.82, 2.24) is 5.32 Å². The molecule has 0 radical (unpaired) electrons. The van der Waals surface area contributed by atoms with Crippen LogP contribution in [0.4, 0.5) is 0 Å². The number of ether oxygens (including phenoxy) is 1. The van der Waals surface area contributed by atoms with Gasteiger partial charge in [0.05, 0.1) is 35.6 Å². The molecule has 0 aromatic heterocycles. The Balaban J connectivity index is 2.14. The van der Waals surface area contributed by atoms with Crippen LogP contribution in [0.1, 0.15) is 10.4 Å². The van der Waals surface area contributed by atoms with Crippen LogP contribution < -0.4 is 10.1 Å². The maximum Gasteiger partial charge on any atom is 0.255 e. The lowest BCUT2D eigenvalue weighted by Gasteiger charge is -2.15. The summed E-state index contributed by atoms with van der Waals surface area (Å²) in [6.07, 6.45) is 0. The van der Waals surface area contributed by atoms with Gasteiger partial charge in [0.2, 0.25) is 0 Å².